The molecule has 2 amide bonds. The van der Waals surface area contributed by atoms with Gasteiger partial charge in [-0.05, 0) is 31.6 Å². The van der Waals surface area contributed by atoms with E-state index in [4.69, 9.17) is 10.2 Å². The second kappa shape index (κ2) is 6.58. The highest BCUT2D eigenvalue weighted by molar-refractivity contribution is 5.82. The Kier molecular flexibility index (Phi) is 5.40. The number of aliphatic carboxylic acids is 1. The minimum atomic E-state index is -1.23. The monoisotopic (exact) mass is 258 g/mol. The zero-order valence-corrected chi connectivity index (χ0v) is 10.9. The fourth-order valence-electron chi connectivity index (χ4n) is 2.23. The quantitative estimate of drug-likeness (QED) is 0.690. The van der Waals surface area contributed by atoms with Crippen LogP contribution >= 0.6 is 0 Å². The number of carbonyl (C=O) groups excluding carboxylic acids is 1. The van der Waals surface area contributed by atoms with Gasteiger partial charge in [0.15, 0.2) is 6.04 Å². The second-order valence-electron chi connectivity index (χ2n) is 5.05. The van der Waals surface area contributed by atoms with E-state index in [0.717, 1.165) is 25.7 Å². The van der Waals surface area contributed by atoms with Crippen LogP contribution in [0.3, 0.4) is 0 Å². The molecule has 0 bridgehead atoms. The van der Waals surface area contributed by atoms with Gasteiger partial charge in [-0.2, -0.15) is 0 Å². The summed E-state index contributed by atoms with van der Waals surface area (Å²) < 4.78 is 0. The number of carbonyl (C=O) groups is 2. The second-order valence-corrected chi connectivity index (χ2v) is 5.05. The van der Waals surface area contributed by atoms with Crippen LogP contribution in [-0.4, -0.2) is 52.9 Å². The average molecular weight is 258 g/mol. The molecule has 0 aromatic rings. The number of carboxylic acid groups (broad SMARTS) is 1. The molecule has 1 aliphatic carbocycles. The van der Waals surface area contributed by atoms with E-state index in [2.05, 4.69) is 12.2 Å². The van der Waals surface area contributed by atoms with Crippen LogP contribution < -0.4 is 5.32 Å². The van der Waals surface area contributed by atoms with Gasteiger partial charge >= 0.3 is 12.0 Å². The Hall–Kier alpha value is -1.30. The van der Waals surface area contributed by atoms with Crippen LogP contribution in [0.4, 0.5) is 4.79 Å². The lowest BCUT2D eigenvalue weighted by molar-refractivity contribution is -0.140. The van der Waals surface area contributed by atoms with E-state index < -0.39 is 24.6 Å². The topological polar surface area (TPSA) is 89.9 Å². The fourth-order valence-corrected chi connectivity index (χ4v) is 2.23. The molecule has 3 N–H and O–H groups in total. The molecular weight excluding hydrogens is 236 g/mol. The summed E-state index contributed by atoms with van der Waals surface area (Å²) in [5.74, 6) is -0.529. The Morgan fingerprint density at radius 2 is 1.89 bits per heavy atom. The number of hydrogen-bond donors (Lipinski definition) is 3. The van der Waals surface area contributed by atoms with Crippen molar-refractivity contribution in [3.05, 3.63) is 0 Å². The molecule has 0 unspecified atom stereocenters. The Bertz CT molecular complexity index is 300. The summed E-state index contributed by atoms with van der Waals surface area (Å²) in [5.41, 5.74) is 0. The summed E-state index contributed by atoms with van der Waals surface area (Å²) in [6.07, 6.45) is 4.07. The van der Waals surface area contributed by atoms with Crippen molar-refractivity contribution >= 4 is 12.0 Å². The van der Waals surface area contributed by atoms with Gasteiger partial charge in [-0.3, -0.25) is 0 Å². The Morgan fingerprint density at radius 1 is 1.33 bits per heavy atom. The van der Waals surface area contributed by atoms with Crippen LogP contribution in [0.25, 0.3) is 0 Å². The minimum absolute atomic E-state index is 0.161. The number of aliphatic hydroxyl groups is 1. The predicted octanol–water partition coefficient (Wildman–Crippen LogP) is 0.652. The van der Waals surface area contributed by atoms with Crippen molar-refractivity contribution in [1.29, 1.82) is 0 Å². The van der Waals surface area contributed by atoms with E-state index >= 15 is 0 Å². The molecule has 1 aliphatic rings. The van der Waals surface area contributed by atoms with E-state index in [1.165, 1.54) is 0 Å². The number of nitrogens with one attached hydrogen (secondary N) is 1. The van der Waals surface area contributed by atoms with Gasteiger partial charge < -0.3 is 20.4 Å². The van der Waals surface area contributed by atoms with Gasteiger partial charge in [0.05, 0.1) is 6.61 Å². The molecule has 0 aromatic heterocycles. The average Bonchev–Trinajstić information content (AvgIpc) is 2.35. The van der Waals surface area contributed by atoms with Gasteiger partial charge in [0, 0.05) is 13.1 Å². The molecule has 6 heteroatoms. The zero-order valence-electron chi connectivity index (χ0n) is 10.9. The van der Waals surface area contributed by atoms with Gasteiger partial charge in [-0.1, -0.05) is 6.92 Å². The van der Waals surface area contributed by atoms with Crippen molar-refractivity contribution < 1.29 is 19.8 Å². The van der Waals surface area contributed by atoms with Crippen LogP contribution in [-0.2, 0) is 4.79 Å². The van der Waals surface area contributed by atoms with E-state index in [0.29, 0.717) is 5.92 Å². The fraction of sp³-hybridized carbons (Fsp3) is 0.833. The molecule has 0 saturated heterocycles. The van der Waals surface area contributed by atoms with Gasteiger partial charge in [0.1, 0.15) is 0 Å². The summed E-state index contributed by atoms with van der Waals surface area (Å²) in [7, 11) is 1.67. The van der Waals surface area contributed by atoms with Crippen LogP contribution in [0.2, 0.25) is 0 Å². The van der Waals surface area contributed by atoms with E-state index in [-0.39, 0.29) is 6.04 Å². The number of amides is 2. The third-order valence-electron chi connectivity index (χ3n) is 3.63. The maximum atomic E-state index is 11.8. The number of nitrogens with zero attached hydrogens (tertiary/aromatic N) is 1. The SMILES string of the molecule is CC1CCC(N(C)C(=O)N[C@@H](CO)C(=O)O)CC1. The minimum Gasteiger partial charge on any atom is -0.480 e. The van der Waals surface area contributed by atoms with Crippen molar-refractivity contribution in [2.45, 2.75) is 44.7 Å². The van der Waals surface area contributed by atoms with E-state index in [1.54, 1.807) is 11.9 Å². The van der Waals surface area contributed by atoms with Crippen molar-refractivity contribution in [3.8, 4) is 0 Å². The highest BCUT2D eigenvalue weighted by Gasteiger charge is 2.27. The molecule has 18 heavy (non-hydrogen) atoms. The zero-order chi connectivity index (χ0) is 13.7. The summed E-state index contributed by atoms with van der Waals surface area (Å²) in [4.78, 5) is 24.1. The van der Waals surface area contributed by atoms with Crippen molar-refractivity contribution in [3.63, 3.8) is 0 Å². The van der Waals surface area contributed by atoms with Gasteiger partial charge in [-0.25, -0.2) is 9.59 Å². The summed E-state index contributed by atoms with van der Waals surface area (Å²) in [6.45, 7) is 1.60. The molecule has 1 atom stereocenters. The van der Waals surface area contributed by atoms with Crippen LogP contribution in [0.1, 0.15) is 32.6 Å². The molecule has 0 spiro atoms. The molecule has 1 saturated carbocycles. The number of urea groups is 1. The third-order valence-corrected chi connectivity index (χ3v) is 3.63. The first kappa shape index (κ1) is 14.8. The number of carboxylic acids is 1. The molecule has 1 fully saturated rings. The lowest BCUT2D eigenvalue weighted by Crippen LogP contribution is -2.51. The molecule has 0 aliphatic heterocycles. The standard InChI is InChI=1S/C12H22N2O4/c1-8-3-5-9(6-4-8)14(2)12(18)13-10(7-15)11(16)17/h8-10,15H,3-7H2,1-2H3,(H,13,18)(H,16,17)/t8?,9?,10-/m0/s1. The van der Waals surface area contributed by atoms with Gasteiger partial charge in [-0.15, -0.1) is 0 Å². The normalized spacial score (nSPS) is 25.3. The lowest BCUT2D eigenvalue weighted by atomic mass is 9.87. The molecule has 0 radical (unpaired) electrons. The molecule has 0 heterocycles. The van der Waals surface area contributed by atoms with Crippen LogP contribution in [0.5, 0.6) is 0 Å². The summed E-state index contributed by atoms with van der Waals surface area (Å²) in [5, 5.41) is 19.9. The highest BCUT2D eigenvalue weighted by atomic mass is 16.4. The molecule has 104 valence electrons. The number of hydrogen-bond acceptors (Lipinski definition) is 3. The maximum Gasteiger partial charge on any atom is 0.328 e. The Morgan fingerprint density at radius 3 is 2.33 bits per heavy atom. The summed E-state index contributed by atoms with van der Waals surface area (Å²) in [6, 6.07) is -1.51. The number of aliphatic hydroxyl groups excluding tert-OH is 1. The summed E-state index contributed by atoms with van der Waals surface area (Å²) >= 11 is 0. The maximum absolute atomic E-state index is 11.8. The first-order valence-electron chi connectivity index (χ1n) is 6.32. The molecule has 0 aromatic carbocycles. The highest BCUT2D eigenvalue weighted by Crippen LogP contribution is 2.26. The van der Waals surface area contributed by atoms with E-state index in [1.807, 2.05) is 0 Å². The Labute approximate surface area is 107 Å². The molecule has 6 nitrogen and oxygen atoms in total. The van der Waals surface area contributed by atoms with Crippen molar-refractivity contribution in [1.82, 2.24) is 10.2 Å². The number of rotatable bonds is 4. The lowest BCUT2D eigenvalue weighted by Gasteiger charge is -2.34. The first-order chi connectivity index (χ1) is 8.45. The van der Waals surface area contributed by atoms with Gasteiger partial charge in [0.25, 0.3) is 0 Å². The predicted molar refractivity (Wildman–Crippen MR) is 66.2 cm³/mol. The first-order valence-corrected chi connectivity index (χ1v) is 6.32. The smallest absolute Gasteiger partial charge is 0.328 e. The van der Waals surface area contributed by atoms with Gasteiger partial charge in [0.2, 0.25) is 0 Å². The molecular formula is C12H22N2O4. The van der Waals surface area contributed by atoms with Crippen LogP contribution in [0.15, 0.2) is 0 Å². The van der Waals surface area contributed by atoms with Crippen molar-refractivity contribution in [2.75, 3.05) is 13.7 Å². The molecule has 1 rings (SSSR count). The largest absolute Gasteiger partial charge is 0.480 e. The van der Waals surface area contributed by atoms with Crippen LogP contribution in [0, 0.1) is 5.92 Å². The van der Waals surface area contributed by atoms with Crippen molar-refractivity contribution in [2.24, 2.45) is 5.92 Å². The Balaban J connectivity index is 2.48. The van der Waals surface area contributed by atoms with E-state index in [9.17, 15) is 9.59 Å². The third kappa shape index (κ3) is 3.87.